The Morgan fingerprint density at radius 1 is 1.18 bits per heavy atom. The highest BCUT2D eigenvalue weighted by Gasteiger charge is 2.26. The summed E-state index contributed by atoms with van der Waals surface area (Å²) in [6, 6.07) is 10.6. The van der Waals surface area contributed by atoms with Crippen molar-refractivity contribution in [3.05, 3.63) is 48.4 Å². The fraction of sp³-hybridized carbons (Fsp3) is 0.286. The Kier molecular flexibility index (Phi) is 2.52. The largest absolute Gasteiger partial charge is 0.472 e. The molecule has 1 atom stereocenters. The van der Waals surface area contributed by atoms with Crippen LogP contribution in [0.15, 0.2) is 47.3 Å². The van der Waals surface area contributed by atoms with Crippen LogP contribution in [0.4, 0.5) is 11.4 Å². The van der Waals surface area contributed by atoms with E-state index in [9.17, 15) is 0 Å². The summed E-state index contributed by atoms with van der Waals surface area (Å²) >= 11 is 0. The summed E-state index contributed by atoms with van der Waals surface area (Å²) in [5.41, 5.74) is 9.04. The van der Waals surface area contributed by atoms with Crippen molar-refractivity contribution in [2.45, 2.75) is 18.9 Å². The second-order valence-electron chi connectivity index (χ2n) is 4.50. The van der Waals surface area contributed by atoms with Crippen LogP contribution in [0.1, 0.15) is 24.4 Å². The Morgan fingerprint density at radius 2 is 2.00 bits per heavy atom. The Bertz CT molecular complexity index is 475. The first-order valence-corrected chi connectivity index (χ1v) is 5.99. The number of furan rings is 1. The maximum atomic E-state index is 5.72. The highest BCUT2D eigenvalue weighted by atomic mass is 16.3. The van der Waals surface area contributed by atoms with Crippen LogP contribution in [-0.4, -0.2) is 6.54 Å². The number of nitrogens with two attached hydrogens (primary N) is 1. The van der Waals surface area contributed by atoms with Gasteiger partial charge in [-0.2, -0.15) is 0 Å². The van der Waals surface area contributed by atoms with E-state index in [1.54, 1.807) is 6.26 Å². The first-order chi connectivity index (χ1) is 8.34. The summed E-state index contributed by atoms with van der Waals surface area (Å²) in [4.78, 5) is 2.42. The molecule has 1 unspecified atom stereocenters. The van der Waals surface area contributed by atoms with E-state index in [1.165, 1.54) is 24.1 Å². The zero-order valence-corrected chi connectivity index (χ0v) is 9.67. The molecule has 2 heterocycles. The minimum absolute atomic E-state index is 0.442. The Labute approximate surface area is 101 Å². The van der Waals surface area contributed by atoms with Gasteiger partial charge in [0.05, 0.1) is 18.6 Å². The quantitative estimate of drug-likeness (QED) is 0.802. The minimum Gasteiger partial charge on any atom is -0.472 e. The summed E-state index contributed by atoms with van der Waals surface area (Å²) < 4.78 is 5.18. The van der Waals surface area contributed by atoms with Crippen LogP contribution >= 0.6 is 0 Å². The predicted molar refractivity (Wildman–Crippen MR) is 68.9 cm³/mol. The van der Waals surface area contributed by atoms with Crippen molar-refractivity contribution in [2.24, 2.45) is 0 Å². The van der Waals surface area contributed by atoms with Crippen molar-refractivity contribution in [3.8, 4) is 0 Å². The van der Waals surface area contributed by atoms with Crippen LogP contribution in [0.3, 0.4) is 0 Å². The SMILES string of the molecule is Nc1ccc(N2CCCC2c2ccoc2)cc1. The van der Waals surface area contributed by atoms with Crippen LogP contribution in [0.25, 0.3) is 0 Å². The van der Waals surface area contributed by atoms with Gasteiger partial charge in [0.25, 0.3) is 0 Å². The number of benzene rings is 1. The molecule has 3 rings (SSSR count). The fourth-order valence-corrected chi connectivity index (χ4v) is 2.55. The van der Waals surface area contributed by atoms with Crippen molar-refractivity contribution in [1.29, 1.82) is 0 Å². The summed E-state index contributed by atoms with van der Waals surface area (Å²) in [5, 5.41) is 0. The molecule has 3 nitrogen and oxygen atoms in total. The van der Waals surface area contributed by atoms with Gasteiger partial charge >= 0.3 is 0 Å². The van der Waals surface area contributed by atoms with Gasteiger partial charge in [-0.3, -0.25) is 0 Å². The first-order valence-electron chi connectivity index (χ1n) is 5.99. The van der Waals surface area contributed by atoms with E-state index >= 15 is 0 Å². The maximum Gasteiger partial charge on any atom is 0.0955 e. The molecule has 0 bridgehead atoms. The second-order valence-corrected chi connectivity index (χ2v) is 4.50. The zero-order chi connectivity index (χ0) is 11.7. The molecule has 0 radical (unpaired) electrons. The van der Waals surface area contributed by atoms with Gasteiger partial charge < -0.3 is 15.1 Å². The van der Waals surface area contributed by atoms with Crippen LogP contribution in [0.5, 0.6) is 0 Å². The minimum atomic E-state index is 0.442. The van der Waals surface area contributed by atoms with Gasteiger partial charge in [-0.25, -0.2) is 0 Å². The molecule has 2 aromatic rings. The molecular formula is C14H16N2O. The highest BCUT2D eigenvalue weighted by Crippen LogP contribution is 2.36. The number of nitrogen functional groups attached to an aromatic ring is 1. The number of rotatable bonds is 2. The third-order valence-corrected chi connectivity index (χ3v) is 3.41. The van der Waals surface area contributed by atoms with Crippen LogP contribution in [0, 0.1) is 0 Å². The van der Waals surface area contributed by atoms with Crippen LogP contribution in [-0.2, 0) is 0 Å². The van der Waals surface area contributed by atoms with E-state index < -0.39 is 0 Å². The molecule has 3 heteroatoms. The lowest BCUT2D eigenvalue weighted by atomic mass is 10.1. The second kappa shape index (κ2) is 4.17. The molecule has 0 aliphatic carbocycles. The van der Waals surface area contributed by atoms with Gasteiger partial charge in [0.15, 0.2) is 0 Å². The summed E-state index contributed by atoms with van der Waals surface area (Å²) in [5.74, 6) is 0. The summed E-state index contributed by atoms with van der Waals surface area (Å²) in [6.07, 6.45) is 6.00. The van der Waals surface area contributed by atoms with E-state index in [0.29, 0.717) is 6.04 Å². The molecule has 1 aromatic carbocycles. The van der Waals surface area contributed by atoms with Crippen LogP contribution in [0.2, 0.25) is 0 Å². The van der Waals surface area contributed by atoms with Gasteiger partial charge in [-0.15, -0.1) is 0 Å². The monoisotopic (exact) mass is 228 g/mol. The van der Waals surface area contributed by atoms with E-state index in [0.717, 1.165) is 12.2 Å². The van der Waals surface area contributed by atoms with Crippen molar-refractivity contribution in [1.82, 2.24) is 0 Å². The molecule has 0 spiro atoms. The average Bonchev–Trinajstić information content (AvgIpc) is 3.00. The van der Waals surface area contributed by atoms with E-state index in [4.69, 9.17) is 10.2 Å². The number of hydrogen-bond acceptors (Lipinski definition) is 3. The molecule has 0 amide bonds. The summed E-state index contributed by atoms with van der Waals surface area (Å²) in [6.45, 7) is 1.10. The average molecular weight is 228 g/mol. The highest BCUT2D eigenvalue weighted by molar-refractivity contribution is 5.55. The molecule has 2 N–H and O–H groups in total. The van der Waals surface area contributed by atoms with E-state index in [-0.39, 0.29) is 0 Å². The molecule has 1 fully saturated rings. The molecule has 17 heavy (non-hydrogen) atoms. The molecule has 1 aromatic heterocycles. The standard InChI is InChI=1S/C14H16N2O/c15-12-3-5-13(6-4-12)16-8-1-2-14(16)11-7-9-17-10-11/h3-7,9-10,14H,1-2,8,15H2. The van der Waals surface area contributed by atoms with Crippen molar-refractivity contribution in [3.63, 3.8) is 0 Å². The first kappa shape index (κ1) is 10.3. The third-order valence-electron chi connectivity index (χ3n) is 3.41. The van der Waals surface area contributed by atoms with Gasteiger partial charge in [-0.05, 0) is 43.2 Å². The molecule has 1 aliphatic heterocycles. The Hall–Kier alpha value is -1.90. The van der Waals surface area contributed by atoms with Gasteiger partial charge in [0.2, 0.25) is 0 Å². The molecule has 1 aliphatic rings. The topological polar surface area (TPSA) is 42.4 Å². The normalized spacial score (nSPS) is 19.8. The van der Waals surface area contributed by atoms with Gasteiger partial charge in [-0.1, -0.05) is 0 Å². The van der Waals surface area contributed by atoms with E-state index in [2.05, 4.69) is 23.1 Å². The number of hydrogen-bond donors (Lipinski definition) is 1. The number of nitrogens with zero attached hydrogens (tertiary/aromatic N) is 1. The van der Waals surface area contributed by atoms with Gasteiger partial charge in [0, 0.05) is 23.5 Å². The van der Waals surface area contributed by atoms with Crippen molar-refractivity contribution in [2.75, 3.05) is 17.2 Å². The predicted octanol–water partition coefficient (Wildman–Crippen LogP) is 3.20. The molecular weight excluding hydrogens is 212 g/mol. The lowest BCUT2D eigenvalue weighted by Gasteiger charge is -2.26. The maximum absolute atomic E-state index is 5.72. The fourth-order valence-electron chi connectivity index (χ4n) is 2.55. The lowest BCUT2D eigenvalue weighted by Crippen LogP contribution is -2.21. The van der Waals surface area contributed by atoms with Crippen molar-refractivity contribution < 1.29 is 4.42 Å². The molecule has 88 valence electrons. The smallest absolute Gasteiger partial charge is 0.0955 e. The Morgan fingerprint density at radius 3 is 2.71 bits per heavy atom. The third kappa shape index (κ3) is 1.88. The number of anilines is 2. The van der Waals surface area contributed by atoms with Gasteiger partial charge in [0.1, 0.15) is 0 Å². The lowest BCUT2D eigenvalue weighted by molar-refractivity contribution is 0.558. The zero-order valence-electron chi connectivity index (χ0n) is 9.67. The summed E-state index contributed by atoms with van der Waals surface area (Å²) in [7, 11) is 0. The van der Waals surface area contributed by atoms with E-state index in [1.807, 2.05) is 18.4 Å². The molecule has 0 saturated carbocycles. The van der Waals surface area contributed by atoms with Crippen molar-refractivity contribution >= 4 is 11.4 Å². The Balaban J connectivity index is 1.89. The van der Waals surface area contributed by atoms with Crippen LogP contribution < -0.4 is 10.6 Å². The molecule has 1 saturated heterocycles.